The van der Waals surface area contributed by atoms with Crippen LogP contribution in [0.15, 0.2) is 0 Å². The van der Waals surface area contributed by atoms with Crippen LogP contribution >= 0.6 is 11.3 Å². The number of carbonyl (C=O) groups is 3. The summed E-state index contributed by atoms with van der Waals surface area (Å²) in [6.07, 6.45) is 10.9. The van der Waals surface area contributed by atoms with Gasteiger partial charge in [-0.25, -0.2) is 9.59 Å². The Kier molecular flexibility index (Phi) is 10.0. The van der Waals surface area contributed by atoms with E-state index in [9.17, 15) is 14.4 Å². The van der Waals surface area contributed by atoms with Crippen LogP contribution in [0.1, 0.15) is 92.4 Å². The topological polar surface area (TPSA) is 87.7 Å². The lowest BCUT2D eigenvalue weighted by atomic mass is 9.95. The molecule has 33 heavy (non-hydrogen) atoms. The van der Waals surface area contributed by atoms with E-state index in [1.165, 1.54) is 29.1 Å². The molecule has 1 aromatic heterocycles. The van der Waals surface area contributed by atoms with E-state index in [1.807, 2.05) is 4.90 Å². The second-order valence-corrected chi connectivity index (χ2v) is 10.2. The standard InChI is InChI=1S/C25H39N3O4S/c1-3-5-6-7-12-21(29)28-15-13-18(14-16-28)17-26-25(31)27-23-22(24(30)32-4-2)19-10-8-9-11-20(19)33-23/h18H,3-17H2,1-2H3,(H2,26,27,31). The van der Waals surface area contributed by atoms with Crippen molar-refractivity contribution in [1.82, 2.24) is 10.2 Å². The third kappa shape index (κ3) is 7.19. The molecule has 3 amide bonds. The van der Waals surface area contributed by atoms with Gasteiger partial charge in [0.05, 0.1) is 12.2 Å². The van der Waals surface area contributed by atoms with E-state index in [4.69, 9.17) is 4.74 Å². The number of fused-ring (bicyclic) bond motifs is 1. The van der Waals surface area contributed by atoms with Gasteiger partial charge in [0.25, 0.3) is 0 Å². The number of aryl methyl sites for hydroxylation is 1. The van der Waals surface area contributed by atoms with Gasteiger partial charge in [-0.3, -0.25) is 10.1 Å². The zero-order valence-corrected chi connectivity index (χ0v) is 21.0. The molecule has 1 aliphatic heterocycles. The van der Waals surface area contributed by atoms with Gasteiger partial charge in [0, 0.05) is 30.9 Å². The average molecular weight is 478 g/mol. The zero-order valence-electron chi connectivity index (χ0n) is 20.2. The first kappa shape index (κ1) is 25.5. The molecular weight excluding hydrogens is 438 g/mol. The van der Waals surface area contributed by atoms with Gasteiger partial charge in [-0.05, 0) is 63.4 Å². The van der Waals surface area contributed by atoms with E-state index in [-0.39, 0.29) is 17.9 Å². The minimum atomic E-state index is -0.348. The molecule has 3 rings (SSSR count). The van der Waals surface area contributed by atoms with E-state index < -0.39 is 0 Å². The number of carbonyl (C=O) groups excluding carboxylic acids is 3. The monoisotopic (exact) mass is 477 g/mol. The van der Waals surface area contributed by atoms with Crippen LogP contribution in [0.25, 0.3) is 0 Å². The summed E-state index contributed by atoms with van der Waals surface area (Å²) in [6, 6.07) is -0.284. The molecule has 2 heterocycles. The zero-order chi connectivity index (χ0) is 23.6. The second-order valence-electron chi connectivity index (χ2n) is 9.11. The Hall–Kier alpha value is -2.09. The first-order valence-corrected chi connectivity index (χ1v) is 13.5. The summed E-state index contributed by atoms with van der Waals surface area (Å²) in [5, 5.41) is 6.48. The Labute approximate surface area is 201 Å². The van der Waals surface area contributed by atoms with Crippen molar-refractivity contribution in [3.05, 3.63) is 16.0 Å². The number of amides is 3. The van der Waals surface area contributed by atoms with Crippen molar-refractivity contribution < 1.29 is 19.1 Å². The molecule has 8 heteroatoms. The maximum atomic E-state index is 12.6. The second kappa shape index (κ2) is 13.0. The van der Waals surface area contributed by atoms with Gasteiger partial charge in [-0.2, -0.15) is 0 Å². The van der Waals surface area contributed by atoms with Gasteiger partial charge in [0.15, 0.2) is 0 Å². The summed E-state index contributed by atoms with van der Waals surface area (Å²) in [6.45, 7) is 6.39. The molecule has 0 bridgehead atoms. The van der Waals surface area contributed by atoms with Crippen molar-refractivity contribution in [3.8, 4) is 0 Å². The number of piperidine rings is 1. The maximum Gasteiger partial charge on any atom is 0.341 e. The largest absolute Gasteiger partial charge is 0.462 e. The summed E-state index contributed by atoms with van der Waals surface area (Å²) in [5.41, 5.74) is 1.59. The van der Waals surface area contributed by atoms with Crippen molar-refractivity contribution in [2.24, 2.45) is 5.92 Å². The van der Waals surface area contributed by atoms with Gasteiger partial charge < -0.3 is 15.0 Å². The van der Waals surface area contributed by atoms with E-state index in [1.54, 1.807) is 6.92 Å². The highest BCUT2D eigenvalue weighted by molar-refractivity contribution is 7.17. The molecule has 0 aromatic carbocycles. The molecule has 1 fully saturated rings. The van der Waals surface area contributed by atoms with Crippen molar-refractivity contribution in [2.45, 2.75) is 84.5 Å². The number of nitrogens with zero attached hydrogens (tertiary/aromatic N) is 1. The summed E-state index contributed by atoms with van der Waals surface area (Å²) >= 11 is 1.50. The van der Waals surface area contributed by atoms with Crippen LogP contribution in [0.2, 0.25) is 0 Å². The van der Waals surface area contributed by atoms with Crippen molar-refractivity contribution >= 4 is 34.2 Å². The highest BCUT2D eigenvalue weighted by atomic mass is 32.1. The minimum Gasteiger partial charge on any atom is -0.462 e. The molecule has 0 radical (unpaired) electrons. The quantitative estimate of drug-likeness (QED) is 0.361. The third-order valence-electron chi connectivity index (χ3n) is 6.64. The van der Waals surface area contributed by atoms with Crippen LogP contribution in [0.3, 0.4) is 0 Å². The Bertz CT molecular complexity index is 815. The molecule has 1 saturated heterocycles. The van der Waals surface area contributed by atoms with E-state index in [0.29, 0.717) is 36.1 Å². The number of unbranched alkanes of at least 4 members (excludes halogenated alkanes) is 3. The first-order chi connectivity index (χ1) is 16.0. The summed E-state index contributed by atoms with van der Waals surface area (Å²) in [7, 11) is 0. The minimum absolute atomic E-state index is 0.267. The number of likely N-dealkylation sites (tertiary alicyclic amines) is 1. The lowest BCUT2D eigenvalue weighted by Gasteiger charge is -2.32. The van der Waals surface area contributed by atoms with E-state index in [2.05, 4.69) is 17.6 Å². The predicted octanol–water partition coefficient (Wildman–Crippen LogP) is 5.13. The van der Waals surface area contributed by atoms with Crippen LogP contribution in [0.5, 0.6) is 0 Å². The summed E-state index contributed by atoms with van der Waals surface area (Å²) < 4.78 is 5.26. The molecule has 7 nitrogen and oxygen atoms in total. The van der Waals surface area contributed by atoms with Gasteiger partial charge in [-0.1, -0.05) is 26.2 Å². The Morgan fingerprint density at radius 1 is 1.06 bits per heavy atom. The Balaban J connectivity index is 1.45. The normalized spacial score (nSPS) is 16.2. The molecule has 0 saturated carbocycles. The smallest absolute Gasteiger partial charge is 0.341 e. The fourth-order valence-electron chi connectivity index (χ4n) is 4.71. The van der Waals surface area contributed by atoms with Crippen molar-refractivity contribution in [2.75, 3.05) is 31.6 Å². The highest BCUT2D eigenvalue weighted by Gasteiger charge is 2.28. The molecular formula is C25H39N3O4S. The number of hydrogen-bond donors (Lipinski definition) is 2. The molecule has 2 aliphatic rings. The fourth-order valence-corrected chi connectivity index (χ4v) is 5.98. The molecule has 0 spiro atoms. The van der Waals surface area contributed by atoms with E-state index in [0.717, 1.165) is 70.0 Å². The summed E-state index contributed by atoms with van der Waals surface area (Å²) in [4.78, 5) is 40.7. The fraction of sp³-hybridized carbons (Fsp3) is 0.720. The van der Waals surface area contributed by atoms with Crippen molar-refractivity contribution in [1.29, 1.82) is 0 Å². The van der Waals surface area contributed by atoms with Crippen LogP contribution in [-0.2, 0) is 22.4 Å². The third-order valence-corrected chi connectivity index (χ3v) is 7.85. The number of nitrogens with one attached hydrogen (secondary N) is 2. The van der Waals surface area contributed by atoms with Gasteiger partial charge in [0.1, 0.15) is 5.00 Å². The SMILES string of the molecule is CCCCCCC(=O)N1CCC(CNC(=O)Nc2sc3c(c2C(=O)OCC)CCCC3)CC1. The van der Waals surface area contributed by atoms with Crippen molar-refractivity contribution in [3.63, 3.8) is 0 Å². The molecule has 1 aromatic rings. The summed E-state index contributed by atoms with van der Waals surface area (Å²) in [5.74, 6) is 0.281. The number of thiophene rings is 1. The number of hydrogen-bond acceptors (Lipinski definition) is 5. The van der Waals surface area contributed by atoms with Crippen LogP contribution in [0, 0.1) is 5.92 Å². The van der Waals surface area contributed by atoms with Crippen LogP contribution < -0.4 is 10.6 Å². The maximum absolute atomic E-state index is 12.6. The Morgan fingerprint density at radius 2 is 1.82 bits per heavy atom. The molecule has 0 atom stereocenters. The number of esters is 1. The lowest BCUT2D eigenvalue weighted by Crippen LogP contribution is -2.42. The first-order valence-electron chi connectivity index (χ1n) is 12.7. The molecule has 2 N–H and O–H groups in total. The molecule has 0 unspecified atom stereocenters. The van der Waals surface area contributed by atoms with Crippen LogP contribution in [-0.4, -0.2) is 49.0 Å². The number of ether oxygens (including phenoxy) is 1. The molecule has 1 aliphatic carbocycles. The van der Waals surface area contributed by atoms with Gasteiger partial charge >= 0.3 is 12.0 Å². The van der Waals surface area contributed by atoms with Crippen LogP contribution in [0.4, 0.5) is 9.80 Å². The number of anilines is 1. The Morgan fingerprint density at radius 3 is 2.55 bits per heavy atom. The number of urea groups is 1. The van der Waals surface area contributed by atoms with Gasteiger partial charge in [0.2, 0.25) is 5.91 Å². The van der Waals surface area contributed by atoms with E-state index >= 15 is 0 Å². The van der Waals surface area contributed by atoms with Gasteiger partial charge in [-0.15, -0.1) is 11.3 Å². The molecule has 184 valence electrons. The highest BCUT2D eigenvalue weighted by Crippen LogP contribution is 2.38. The predicted molar refractivity (Wildman–Crippen MR) is 132 cm³/mol. The number of rotatable bonds is 10. The lowest BCUT2D eigenvalue weighted by molar-refractivity contribution is -0.132. The average Bonchev–Trinajstić information content (AvgIpc) is 3.18.